The van der Waals surface area contributed by atoms with E-state index in [9.17, 15) is 8.42 Å². The number of nitrogens with zero attached hydrogens (tertiary/aromatic N) is 3. The summed E-state index contributed by atoms with van der Waals surface area (Å²) in [5.41, 5.74) is 1.27. The molecule has 0 spiro atoms. The first-order chi connectivity index (χ1) is 16.1. The van der Waals surface area contributed by atoms with Crippen LogP contribution in [0.25, 0.3) is 0 Å². The zero-order valence-electron chi connectivity index (χ0n) is 19.4. The predicted octanol–water partition coefficient (Wildman–Crippen LogP) is 3.81. The third-order valence-electron chi connectivity index (χ3n) is 7.65. The number of ether oxygens (including phenoxy) is 1. The highest BCUT2D eigenvalue weighted by atomic mass is 32.2. The highest BCUT2D eigenvalue weighted by molar-refractivity contribution is 7.91. The van der Waals surface area contributed by atoms with Gasteiger partial charge in [0.15, 0.2) is 9.84 Å². The fourth-order valence-corrected chi connectivity index (χ4v) is 7.36. The minimum atomic E-state index is -3.16. The number of rotatable bonds is 7. The lowest BCUT2D eigenvalue weighted by molar-refractivity contribution is 0.208. The van der Waals surface area contributed by atoms with E-state index in [0.717, 1.165) is 88.9 Å². The van der Waals surface area contributed by atoms with Gasteiger partial charge in [0, 0.05) is 44.4 Å². The second-order valence-electron chi connectivity index (χ2n) is 9.81. The molecule has 5 rings (SSSR count). The van der Waals surface area contributed by atoms with Crippen LogP contribution in [-0.4, -0.2) is 63.4 Å². The summed E-state index contributed by atoms with van der Waals surface area (Å²) in [6.07, 6.45) is 8.46. The molecule has 0 N–H and O–H groups in total. The van der Waals surface area contributed by atoms with Crippen LogP contribution < -0.4 is 9.64 Å². The van der Waals surface area contributed by atoms with E-state index in [0.29, 0.717) is 16.6 Å². The maximum atomic E-state index is 12.7. The van der Waals surface area contributed by atoms with Gasteiger partial charge in [-0.25, -0.2) is 13.4 Å². The molecule has 178 valence electrons. The Kier molecular flexibility index (Phi) is 6.88. The molecule has 2 aliphatic heterocycles. The summed E-state index contributed by atoms with van der Waals surface area (Å²) >= 11 is 0. The fourth-order valence-electron chi connectivity index (χ4n) is 5.64. The molecule has 0 radical (unpaired) electrons. The van der Waals surface area contributed by atoms with Gasteiger partial charge < -0.3 is 9.64 Å². The predicted molar refractivity (Wildman–Crippen MR) is 131 cm³/mol. The first kappa shape index (κ1) is 22.7. The molecule has 2 aromatic rings. The third-order valence-corrected chi connectivity index (χ3v) is 9.55. The van der Waals surface area contributed by atoms with Crippen molar-refractivity contribution in [2.75, 3.05) is 50.0 Å². The second kappa shape index (κ2) is 10.0. The fraction of sp³-hybridized carbons (Fsp3) is 0.577. The first-order valence-electron chi connectivity index (χ1n) is 12.4. The highest BCUT2D eigenvalue weighted by Crippen LogP contribution is 2.34. The number of anilines is 1. The molecule has 0 amide bonds. The van der Waals surface area contributed by atoms with Crippen LogP contribution in [0.2, 0.25) is 0 Å². The Morgan fingerprint density at radius 3 is 2.42 bits per heavy atom. The SMILES string of the molecule is O=S(=O)(CC1CCC(CCN2CCN(c3nccc4c3CCO4)CC2)CC1)c1ccccc1. The summed E-state index contributed by atoms with van der Waals surface area (Å²) in [5, 5.41) is 0. The summed E-state index contributed by atoms with van der Waals surface area (Å²) in [4.78, 5) is 10.1. The van der Waals surface area contributed by atoms with Gasteiger partial charge in [-0.2, -0.15) is 0 Å². The van der Waals surface area contributed by atoms with Crippen LogP contribution >= 0.6 is 0 Å². The monoisotopic (exact) mass is 469 g/mol. The van der Waals surface area contributed by atoms with E-state index in [1.165, 1.54) is 12.0 Å². The molecule has 6 nitrogen and oxygen atoms in total. The molecule has 33 heavy (non-hydrogen) atoms. The second-order valence-corrected chi connectivity index (χ2v) is 11.8. The van der Waals surface area contributed by atoms with Gasteiger partial charge in [0.2, 0.25) is 0 Å². The lowest BCUT2D eigenvalue weighted by Crippen LogP contribution is -2.47. The Balaban J connectivity index is 1.04. The van der Waals surface area contributed by atoms with Gasteiger partial charge in [0.25, 0.3) is 0 Å². The molecule has 0 bridgehead atoms. The molecular weight excluding hydrogens is 434 g/mol. The number of hydrogen-bond donors (Lipinski definition) is 0. The molecule has 7 heteroatoms. The topological polar surface area (TPSA) is 62.7 Å². The maximum absolute atomic E-state index is 12.7. The van der Waals surface area contributed by atoms with E-state index in [1.54, 1.807) is 24.3 Å². The third kappa shape index (κ3) is 5.35. The molecule has 3 aliphatic rings. The number of piperazine rings is 1. The Labute approximate surface area is 197 Å². The Hall–Kier alpha value is -2.12. The minimum absolute atomic E-state index is 0.300. The molecule has 1 saturated heterocycles. The van der Waals surface area contributed by atoms with Crippen molar-refractivity contribution in [1.29, 1.82) is 0 Å². The standard InChI is InChI=1S/C26H35N3O3S/c30-33(31,23-4-2-1-3-5-23)20-22-8-6-21(7-9-22)11-14-28-15-17-29(18-16-28)26-24-12-19-32-25(24)10-13-27-26/h1-5,10,13,21-22H,6-9,11-12,14-20H2. The van der Waals surface area contributed by atoms with Crippen LogP contribution in [0.4, 0.5) is 5.82 Å². The zero-order valence-corrected chi connectivity index (χ0v) is 20.2. The molecule has 3 heterocycles. The zero-order chi connectivity index (χ0) is 22.7. The van der Waals surface area contributed by atoms with Gasteiger partial charge in [-0.15, -0.1) is 0 Å². The smallest absolute Gasteiger partial charge is 0.178 e. The minimum Gasteiger partial charge on any atom is -0.493 e. The van der Waals surface area contributed by atoms with E-state index in [2.05, 4.69) is 14.8 Å². The van der Waals surface area contributed by atoms with Crippen molar-refractivity contribution in [2.24, 2.45) is 11.8 Å². The van der Waals surface area contributed by atoms with Crippen LogP contribution in [0.5, 0.6) is 5.75 Å². The van der Waals surface area contributed by atoms with Gasteiger partial charge in [-0.1, -0.05) is 31.0 Å². The summed E-state index contributed by atoms with van der Waals surface area (Å²) in [6, 6.07) is 10.9. The molecule has 0 unspecified atom stereocenters. The first-order valence-corrected chi connectivity index (χ1v) is 14.1. The summed E-state index contributed by atoms with van der Waals surface area (Å²) in [5.74, 6) is 3.46. The van der Waals surface area contributed by atoms with Crippen molar-refractivity contribution >= 4 is 15.7 Å². The van der Waals surface area contributed by atoms with Crippen molar-refractivity contribution in [3.8, 4) is 5.75 Å². The van der Waals surface area contributed by atoms with Gasteiger partial charge in [-0.05, 0) is 55.8 Å². The molecule has 1 aromatic carbocycles. The number of pyridine rings is 1. The number of sulfone groups is 1. The van der Waals surface area contributed by atoms with E-state index >= 15 is 0 Å². The van der Waals surface area contributed by atoms with Gasteiger partial charge in [0.1, 0.15) is 11.6 Å². The van der Waals surface area contributed by atoms with Crippen LogP contribution in [0.15, 0.2) is 47.5 Å². The van der Waals surface area contributed by atoms with Crippen molar-refractivity contribution in [3.63, 3.8) is 0 Å². The van der Waals surface area contributed by atoms with Crippen molar-refractivity contribution in [2.45, 2.75) is 43.4 Å². The van der Waals surface area contributed by atoms with Gasteiger partial charge in [-0.3, -0.25) is 4.90 Å². The number of fused-ring (bicyclic) bond motifs is 1. The average molecular weight is 470 g/mol. The number of benzene rings is 1. The van der Waals surface area contributed by atoms with Crippen molar-refractivity contribution in [1.82, 2.24) is 9.88 Å². The molecule has 1 aliphatic carbocycles. The highest BCUT2D eigenvalue weighted by Gasteiger charge is 2.28. The van der Waals surface area contributed by atoms with E-state index < -0.39 is 9.84 Å². The average Bonchev–Trinajstić information content (AvgIpc) is 3.34. The normalized spacial score (nSPS) is 23.8. The Morgan fingerprint density at radius 2 is 1.67 bits per heavy atom. The van der Waals surface area contributed by atoms with E-state index in [-0.39, 0.29) is 0 Å². The largest absolute Gasteiger partial charge is 0.493 e. The Bertz CT molecular complexity index is 1030. The summed E-state index contributed by atoms with van der Waals surface area (Å²) in [6.45, 7) is 6.12. The van der Waals surface area contributed by atoms with Crippen molar-refractivity contribution in [3.05, 3.63) is 48.2 Å². The molecule has 2 fully saturated rings. The van der Waals surface area contributed by atoms with Crippen LogP contribution in [0.3, 0.4) is 0 Å². The number of aromatic nitrogens is 1. The van der Waals surface area contributed by atoms with Crippen LogP contribution in [0.1, 0.15) is 37.7 Å². The lowest BCUT2D eigenvalue weighted by Gasteiger charge is -2.37. The molecule has 1 saturated carbocycles. The summed E-state index contributed by atoms with van der Waals surface area (Å²) < 4.78 is 31.1. The quantitative estimate of drug-likeness (QED) is 0.615. The van der Waals surface area contributed by atoms with Gasteiger partial charge >= 0.3 is 0 Å². The van der Waals surface area contributed by atoms with E-state index in [1.807, 2.05) is 18.3 Å². The van der Waals surface area contributed by atoms with Gasteiger partial charge in [0.05, 0.1) is 17.3 Å². The summed E-state index contributed by atoms with van der Waals surface area (Å²) in [7, 11) is -3.16. The molecular formula is C26H35N3O3S. The van der Waals surface area contributed by atoms with E-state index in [4.69, 9.17) is 4.74 Å². The van der Waals surface area contributed by atoms with Crippen molar-refractivity contribution < 1.29 is 13.2 Å². The Morgan fingerprint density at radius 1 is 0.939 bits per heavy atom. The molecule has 1 aromatic heterocycles. The lowest BCUT2D eigenvalue weighted by atomic mass is 9.81. The number of hydrogen-bond acceptors (Lipinski definition) is 6. The molecule has 0 atom stereocenters. The van der Waals surface area contributed by atoms with Crippen LogP contribution in [-0.2, 0) is 16.3 Å². The van der Waals surface area contributed by atoms with Crippen LogP contribution in [0, 0.1) is 11.8 Å². The maximum Gasteiger partial charge on any atom is 0.178 e.